The molecule has 1 aromatic heterocycles. The van der Waals surface area contributed by atoms with Gasteiger partial charge in [0.15, 0.2) is 11.9 Å². The zero-order valence-corrected chi connectivity index (χ0v) is 16.8. The summed E-state index contributed by atoms with van der Waals surface area (Å²) in [5, 5.41) is 3.29. The first-order chi connectivity index (χ1) is 14.4. The van der Waals surface area contributed by atoms with E-state index in [0.717, 1.165) is 12.8 Å². The van der Waals surface area contributed by atoms with Crippen LogP contribution in [0.4, 0.5) is 4.79 Å². The summed E-state index contributed by atoms with van der Waals surface area (Å²) in [6.45, 7) is 1.80. The first-order valence-electron chi connectivity index (χ1n) is 10.2. The molecule has 1 saturated heterocycles. The van der Waals surface area contributed by atoms with Gasteiger partial charge in [-0.3, -0.25) is 19.3 Å². The van der Waals surface area contributed by atoms with Gasteiger partial charge in [0.25, 0.3) is 11.5 Å². The van der Waals surface area contributed by atoms with Crippen LogP contribution in [0.5, 0.6) is 0 Å². The van der Waals surface area contributed by atoms with Crippen LogP contribution >= 0.6 is 0 Å². The number of fused-ring (bicyclic) bond motifs is 1. The van der Waals surface area contributed by atoms with Crippen molar-refractivity contribution in [3.63, 3.8) is 0 Å². The van der Waals surface area contributed by atoms with Crippen molar-refractivity contribution in [3.8, 4) is 0 Å². The number of esters is 1. The maximum atomic E-state index is 12.6. The van der Waals surface area contributed by atoms with E-state index in [0.29, 0.717) is 30.2 Å². The molecule has 158 valence electrons. The summed E-state index contributed by atoms with van der Waals surface area (Å²) < 4.78 is 5.38. The normalized spacial score (nSPS) is 18.8. The maximum absolute atomic E-state index is 12.6. The summed E-state index contributed by atoms with van der Waals surface area (Å²) in [6.07, 6.45) is 2.82. The fourth-order valence-electron chi connectivity index (χ4n) is 4.19. The van der Waals surface area contributed by atoms with E-state index in [1.807, 2.05) is 0 Å². The number of carbonyl (C=O) groups is 3. The Morgan fingerprint density at radius 3 is 2.73 bits per heavy atom. The Balaban J connectivity index is 1.31. The zero-order chi connectivity index (χ0) is 21.3. The minimum atomic E-state index is -0.736. The van der Waals surface area contributed by atoms with Crippen molar-refractivity contribution in [2.75, 3.05) is 6.54 Å². The zero-order valence-electron chi connectivity index (χ0n) is 16.8. The number of nitrogens with one attached hydrogen (secondary N) is 2. The van der Waals surface area contributed by atoms with Gasteiger partial charge in [-0.05, 0) is 38.3 Å². The smallest absolute Gasteiger partial charge is 0.325 e. The molecular weight excluding hydrogens is 388 g/mol. The molecular formula is C21H24N4O5. The van der Waals surface area contributed by atoms with Crippen LogP contribution in [-0.2, 0) is 14.3 Å². The number of carbonyl (C=O) groups excluding carboxylic acids is 3. The largest absolute Gasteiger partial charge is 0.454 e. The van der Waals surface area contributed by atoms with Crippen molar-refractivity contribution < 1.29 is 19.1 Å². The molecule has 0 radical (unpaired) electrons. The molecule has 1 saturated carbocycles. The SMILES string of the molecule is CC(OC(=O)CCCN1C(=O)NC2(CCCC2)C1=O)c1nc2ccccc2c(=O)[nH]1. The fraction of sp³-hybridized carbons (Fsp3) is 0.476. The molecule has 1 aliphatic carbocycles. The number of nitrogens with zero attached hydrogens (tertiary/aromatic N) is 2. The molecule has 9 heteroatoms. The Labute approximate surface area is 172 Å². The average molecular weight is 412 g/mol. The second kappa shape index (κ2) is 7.89. The lowest BCUT2D eigenvalue weighted by Crippen LogP contribution is -2.44. The van der Waals surface area contributed by atoms with Gasteiger partial charge in [-0.2, -0.15) is 0 Å². The predicted octanol–water partition coefficient (Wildman–Crippen LogP) is 2.17. The number of aromatic nitrogens is 2. The third-order valence-electron chi connectivity index (χ3n) is 5.79. The molecule has 2 fully saturated rings. The number of aromatic amines is 1. The number of urea groups is 1. The molecule has 3 amide bonds. The molecule has 2 aliphatic rings. The van der Waals surface area contributed by atoms with Gasteiger partial charge in [0.1, 0.15) is 5.54 Å². The van der Waals surface area contributed by atoms with E-state index in [-0.39, 0.29) is 36.3 Å². The van der Waals surface area contributed by atoms with Crippen molar-refractivity contribution in [3.05, 3.63) is 40.4 Å². The Morgan fingerprint density at radius 2 is 1.97 bits per heavy atom. The number of rotatable bonds is 6. The summed E-state index contributed by atoms with van der Waals surface area (Å²) in [5.74, 6) is -0.407. The lowest BCUT2D eigenvalue weighted by Gasteiger charge is -2.20. The van der Waals surface area contributed by atoms with Crippen LogP contribution in [0.15, 0.2) is 29.1 Å². The minimum Gasteiger partial charge on any atom is -0.454 e. The Morgan fingerprint density at radius 1 is 1.23 bits per heavy atom. The van der Waals surface area contributed by atoms with Crippen LogP contribution < -0.4 is 10.9 Å². The van der Waals surface area contributed by atoms with Gasteiger partial charge in [0, 0.05) is 13.0 Å². The molecule has 9 nitrogen and oxygen atoms in total. The number of para-hydroxylation sites is 1. The third kappa shape index (κ3) is 3.67. The van der Waals surface area contributed by atoms with Gasteiger partial charge in [0.05, 0.1) is 10.9 Å². The molecule has 2 N–H and O–H groups in total. The molecule has 0 bridgehead atoms. The fourth-order valence-corrected chi connectivity index (χ4v) is 4.19. The van der Waals surface area contributed by atoms with Crippen LogP contribution in [0.1, 0.15) is 57.4 Å². The van der Waals surface area contributed by atoms with E-state index in [9.17, 15) is 19.2 Å². The number of benzene rings is 1. The van der Waals surface area contributed by atoms with Gasteiger partial charge < -0.3 is 15.0 Å². The molecule has 4 rings (SSSR count). The van der Waals surface area contributed by atoms with Gasteiger partial charge in [-0.15, -0.1) is 0 Å². The molecule has 1 spiro atoms. The summed E-state index contributed by atoms with van der Waals surface area (Å²) in [6, 6.07) is 6.54. The van der Waals surface area contributed by atoms with Crippen molar-refractivity contribution in [1.29, 1.82) is 0 Å². The Kier molecular flexibility index (Phi) is 5.27. The minimum absolute atomic E-state index is 0.0478. The second-order valence-electron chi connectivity index (χ2n) is 7.88. The van der Waals surface area contributed by atoms with Crippen molar-refractivity contribution in [2.45, 2.75) is 57.1 Å². The molecule has 1 aliphatic heterocycles. The highest BCUT2D eigenvalue weighted by atomic mass is 16.5. The van der Waals surface area contributed by atoms with Crippen molar-refractivity contribution in [1.82, 2.24) is 20.2 Å². The van der Waals surface area contributed by atoms with Gasteiger partial charge in [-0.25, -0.2) is 9.78 Å². The molecule has 1 atom stereocenters. The lowest BCUT2D eigenvalue weighted by molar-refractivity contribution is -0.149. The third-order valence-corrected chi connectivity index (χ3v) is 5.79. The first kappa shape index (κ1) is 20.1. The number of amides is 3. The van der Waals surface area contributed by atoms with Crippen molar-refractivity contribution >= 4 is 28.8 Å². The summed E-state index contributed by atoms with van der Waals surface area (Å²) in [5.41, 5.74) is -0.504. The van der Waals surface area contributed by atoms with Gasteiger partial charge >= 0.3 is 12.0 Å². The Bertz CT molecular complexity index is 1060. The van der Waals surface area contributed by atoms with Crippen LogP contribution in [-0.4, -0.2) is 44.9 Å². The number of H-pyrrole nitrogens is 1. The molecule has 2 aromatic rings. The topological polar surface area (TPSA) is 121 Å². The highest BCUT2D eigenvalue weighted by Crippen LogP contribution is 2.35. The van der Waals surface area contributed by atoms with E-state index in [1.54, 1.807) is 31.2 Å². The van der Waals surface area contributed by atoms with Gasteiger partial charge in [-0.1, -0.05) is 25.0 Å². The molecule has 30 heavy (non-hydrogen) atoms. The van der Waals surface area contributed by atoms with E-state index >= 15 is 0 Å². The van der Waals surface area contributed by atoms with E-state index in [4.69, 9.17) is 4.74 Å². The van der Waals surface area contributed by atoms with Gasteiger partial charge in [0.2, 0.25) is 0 Å². The highest BCUT2D eigenvalue weighted by molar-refractivity contribution is 6.07. The standard InChI is InChI=1S/C21H24N4O5/c1-13(17-22-15-8-3-2-7-14(15)18(27)23-17)30-16(26)9-6-12-25-19(28)21(24-20(25)29)10-4-5-11-21/h2-3,7-8,13H,4-6,9-12H2,1H3,(H,24,29)(H,22,23,27). The van der Waals surface area contributed by atoms with Crippen LogP contribution in [0, 0.1) is 0 Å². The number of imide groups is 1. The average Bonchev–Trinajstić information content (AvgIpc) is 3.28. The summed E-state index contributed by atoms with van der Waals surface area (Å²) in [4.78, 5) is 57.3. The monoisotopic (exact) mass is 412 g/mol. The number of hydrogen-bond donors (Lipinski definition) is 2. The molecule has 2 heterocycles. The molecule has 1 aromatic carbocycles. The second-order valence-corrected chi connectivity index (χ2v) is 7.88. The van der Waals surface area contributed by atoms with Crippen LogP contribution in [0.3, 0.4) is 0 Å². The van der Waals surface area contributed by atoms with E-state index in [1.165, 1.54) is 4.90 Å². The quantitative estimate of drug-likeness (QED) is 0.554. The molecule has 1 unspecified atom stereocenters. The Hall–Kier alpha value is -3.23. The van der Waals surface area contributed by atoms with Crippen LogP contribution in [0.25, 0.3) is 10.9 Å². The van der Waals surface area contributed by atoms with E-state index in [2.05, 4.69) is 15.3 Å². The summed E-state index contributed by atoms with van der Waals surface area (Å²) >= 11 is 0. The summed E-state index contributed by atoms with van der Waals surface area (Å²) in [7, 11) is 0. The van der Waals surface area contributed by atoms with Crippen molar-refractivity contribution in [2.24, 2.45) is 0 Å². The first-order valence-corrected chi connectivity index (χ1v) is 10.2. The number of ether oxygens (including phenoxy) is 1. The maximum Gasteiger partial charge on any atom is 0.325 e. The van der Waals surface area contributed by atoms with Crippen LogP contribution in [0.2, 0.25) is 0 Å². The highest BCUT2D eigenvalue weighted by Gasteiger charge is 2.52. The van der Waals surface area contributed by atoms with E-state index < -0.39 is 17.6 Å². The number of hydrogen-bond acceptors (Lipinski definition) is 6. The lowest BCUT2D eigenvalue weighted by atomic mass is 9.98. The predicted molar refractivity (Wildman–Crippen MR) is 108 cm³/mol.